The number of hydrogen-bond donors (Lipinski definition) is 1. The summed E-state index contributed by atoms with van der Waals surface area (Å²) in [4.78, 5) is 11.8. The third-order valence-corrected chi connectivity index (χ3v) is 7.92. The second kappa shape index (κ2) is 5.21. The molecule has 2 nitrogen and oxygen atoms in total. The van der Waals surface area contributed by atoms with Crippen LogP contribution in [0, 0.1) is 35.5 Å². The molecule has 2 unspecified atom stereocenters. The van der Waals surface area contributed by atoms with Gasteiger partial charge < -0.3 is 5.11 Å². The van der Waals surface area contributed by atoms with Gasteiger partial charge in [-0.3, -0.25) is 4.79 Å². The molecule has 2 heteroatoms. The van der Waals surface area contributed by atoms with Gasteiger partial charge in [0.25, 0.3) is 0 Å². The van der Waals surface area contributed by atoms with Gasteiger partial charge in [0.05, 0.1) is 0 Å². The average Bonchev–Trinajstić information content (AvgIpc) is 2.88. The zero-order chi connectivity index (χ0) is 16.2. The molecule has 23 heavy (non-hydrogen) atoms. The van der Waals surface area contributed by atoms with Crippen molar-refractivity contribution >= 4 is 5.78 Å². The number of allylic oxidation sites excluding steroid dienone is 2. The van der Waals surface area contributed by atoms with Crippen molar-refractivity contribution < 1.29 is 9.90 Å². The van der Waals surface area contributed by atoms with Gasteiger partial charge in [-0.1, -0.05) is 24.0 Å². The average molecular weight is 312 g/mol. The van der Waals surface area contributed by atoms with Crippen molar-refractivity contribution in [3.8, 4) is 12.3 Å². The summed E-state index contributed by atoms with van der Waals surface area (Å²) in [6, 6.07) is 0. The minimum atomic E-state index is -0.894. The first-order chi connectivity index (χ1) is 11.0. The molecule has 2 fully saturated rings. The van der Waals surface area contributed by atoms with Gasteiger partial charge in [-0.15, -0.1) is 6.42 Å². The quantitative estimate of drug-likeness (QED) is 0.586. The predicted molar refractivity (Wildman–Crippen MR) is 90.6 cm³/mol. The minimum absolute atomic E-state index is 0.0640. The summed E-state index contributed by atoms with van der Waals surface area (Å²) in [5.74, 6) is 5.13. The van der Waals surface area contributed by atoms with Crippen molar-refractivity contribution in [2.24, 2.45) is 23.2 Å². The van der Waals surface area contributed by atoms with Gasteiger partial charge >= 0.3 is 0 Å². The third-order valence-electron chi connectivity index (χ3n) is 7.92. The molecule has 5 atom stereocenters. The van der Waals surface area contributed by atoms with Crippen LogP contribution in [0.15, 0.2) is 11.1 Å². The maximum atomic E-state index is 11.8. The van der Waals surface area contributed by atoms with Crippen LogP contribution in [0.3, 0.4) is 0 Å². The molecular weight excluding hydrogens is 284 g/mol. The zero-order valence-corrected chi connectivity index (χ0v) is 14.2. The lowest BCUT2D eigenvalue weighted by Gasteiger charge is -2.54. The highest BCUT2D eigenvalue weighted by molar-refractivity contribution is 5.82. The monoisotopic (exact) mass is 312 g/mol. The second-order valence-electron chi connectivity index (χ2n) is 8.35. The Morgan fingerprint density at radius 1 is 1.22 bits per heavy atom. The third kappa shape index (κ3) is 1.96. The largest absolute Gasteiger partial charge is 0.377 e. The van der Waals surface area contributed by atoms with E-state index in [0.717, 1.165) is 57.8 Å². The van der Waals surface area contributed by atoms with Crippen LogP contribution >= 0.6 is 0 Å². The molecule has 0 heterocycles. The Labute approximate surface area is 139 Å². The molecule has 4 rings (SSSR count). The van der Waals surface area contributed by atoms with E-state index >= 15 is 0 Å². The maximum Gasteiger partial charge on any atom is 0.137 e. The number of ketones is 1. The highest BCUT2D eigenvalue weighted by Gasteiger charge is 2.62. The zero-order valence-electron chi connectivity index (χ0n) is 14.2. The number of Topliss-reactive ketones (excluding diaryl/α,β-unsaturated/α-hetero) is 1. The van der Waals surface area contributed by atoms with Crippen LogP contribution in [0.5, 0.6) is 0 Å². The van der Waals surface area contributed by atoms with E-state index in [1.165, 1.54) is 12.0 Å². The normalized spacial score (nSPS) is 46.0. The van der Waals surface area contributed by atoms with E-state index in [4.69, 9.17) is 6.42 Å². The number of carbonyl (C=O) groups excluding carboxylic acids is 1. The topological polar surface area (TPSA) is 37.3 Å². The predicted octanol–water partition coefficient (Wildman–Crippen LogP) is 4.03. The van der Waals surface area contributed by atoms with Gasteiger partial charge in [0.1, 0.15) is 11.4 Å². The Morgan fingerprint density at radius 3 is 2.78 bits per heavy atom. The van der Waals surface area contributed by atoms with Crippen LogP contribution in [-0.2, 0) is 4.79 Å². The molecule has 0 bridgehead atoms. The first kappa shape index (κ1) is 15.5. The van der Waals surface area contributed by atoms with Gasteiger partial charge in [0.2, 0.25) is 0 Å². The molecule has 0 aromatic rings. The van der Waals surface area contributed by atoms with Crippen LogP contribution in [0.1, 0.15) is 71.1 Å². The van der Waals surface area contributed by atoms with Crippen molar-refractivity contribution in [1.29, 1.82) is 0 Å². The van der Waals surface area contributed by atoms with Crippen molar-refractivity contribution in [1.82, 2.24) is 0 Å². The molecule has 4 aliphatic rings. The van der Waals surface area contributed by atoms with Crippen molar-refractivity contribution in [3.63, 3.8) is 0 Å². The van der Waals surface area contributed by atoms with E-state index in [2.05, 4.69) is 12.8 Å². The molecule has 0 spiro atoms. The van der Waals surface area contributed by atoms with E-state index < -0.39 is 5.60 Å². The Morgan fingerprint density at radius 2 is 2.04 bits per heavy atom. The second-order valence-corrected chi connectivity index (χ2v) is 8.35. The summed E-state index contributed by atoms with van der Waals surface area (Å²) >= 11 is 0. The fourth-order valence-corrected chi connectivity index (χ4v) is 6.83. The molecular formula is C21H28O2. The SMILES string of the molecule is C#C[C@]1(O)CCC2[C@@H]3CCC4=C(CCC(=O)C4)C3CC[C@@]21CC. The Bertz CT molecular complexity index is 610. The Balaban J connectivity index is 1.69. The van der Waals surface area contributed by atoms with Crippen LogP contribution in [-0.4, -0.2) is 16.5 Å². The lowest BCUT2D eigenvalue weighted by Crippen LogP contribution is -2.52. The molecule has 0 amide bonds. The fraction of sp³-hybridized carbons (Fsp3) is 0.762. The highest BCUT2D eigenvalue weighted by atomic mass is 16.3. The lowest BCUT2D eigenvalue weighted by molar-refractivity contribution is -0.119. The maximum absolute atomic E-state index is 11.8. The molecule has 0 aromatic carbocycles. The van der Waals surface area contributed by atoms with Crippen molar-refractivity contribution in [2.45, 2.75) is 76.7 Å². The number of hydrogen-bond acceptors (Lipinski definition) is 2. The van der Waals surface area contributed by atoms with Gasteiger partial charge in [-0.05, 0) is 69.1 Å². The molecule has 2 saturated carbocycles. The fourth-order valence-electron chi connectivity index (χ4n) is 6.83. The summed E-state index contributed by atoms with van der Waals surface area (Å²) in [5.41, 5.74) is 2.14. The molecule has 0 aliphatic heterocycles. The lowest BCUT2D eigenvalue weighted by atomic mass is 9.51. The number of terminal acetylenes is 1. The smallest absolute Gasteiger partial charge is 0.137 e. The summed E-state index contributed by atoms with van der Waals surface area (Å²) in [6.45, 7) is 2.22. The minimum Gasteiger partial charge on any atom is -0.377 e. The van der Waals surface area contributed by atoms with E-state index in [-0.39, 0.29) is 5.41 Å². The number of aliphatic hydroxyl groups is 1. The molecule has 124 valence electrons. The number of fused-ring (bicyclic) bond motifs is 4. The molecule has 0 radical (unpaired) electrons. The van der Waals surface area contributed by atoms with E-state index in [1.807, 2.05) is 0 Å². The van der Waals surface area contributed by atoms with Gasteiger partial charge in [0.15, 0.2) is 0 Å². The molecule has 0 saturated heterocycles. The first-order valence-electron chi connectivity index (χ1n) is 9.47. The number of rotatable bonds is 1. The first-order valence-corrected chi connectivity index (χ1v) is 9.47. The standard InChI is InChI=1S/C21H28O2/c1-3-20-11-9-17-16-8-6-15(22)13-14(16)5-7-18(17)19(20)10-12-21(20,23)4-2/h2,17-19,23H,3,5-13H2,1H3/t17?,18-,19?,20+,21+/m1/s1. The van der Waals surface area contributed by atoms with Crippen molar-refractivity contribution in [3.05, 3.63) is 11.1 Å². The highest BCUT2D eigenvalue weighted by Crippen LogP contribution is 2.65. The summed E-state index contributed by atoms with van der Waals surface area (Å²) in [7, 11) is 0. The summed E-state index contributed by atoms with van der Waals surface area (Å²) in [6.07, 6.45) is 15.6. The Hall–Kier alpha value is -1.07. The van der Waals surface area contributed by atoms with Gasteiger partial charge in [-0.25, -0.2) is 0 Å². The van der Waals surface area contributed by atoms with Crippen LogP contribution in [0.2, 0.25) is 0 Å². The summed E-state index contributed by atoms with van der Waals surface area (Å²) in [5, 5.41) is 11.1. The van der Waals surface area contributed by atoms with E-state index in [9.17, 15) is 9.90 Å². The number of carbonyl (C=O) groups is 1. The van der Waals surface area contributed by atoms with Crippen LogP contribution in [0.4, 0.5) is 0 Å². The summed E-state index contributed by atoms with van der Waals surface area (Å²) < 4.78 is 0. The van der Waals surface area contributed by atoms with Crippen molar-refractivity contribution in [2.75, 3.05) is 0 Å². The molecule has 1 N–H and O–H groups in total. The Kier molecular flexibility index (Phi) is 3.50. The molecule has 4 aliphatic carbocycles. The van der Waals surface area contributed by atoms with Gasteiger partial charge in [-0.2, -0.15) is 0 Å². The van der Waals surface area contributed by atoms with Crippen LogP contribution < -0.4 is 0 Å². The van der Waals surface area contributed by atoms with E-state index in [0.29, 0.717) is 23.5 Å². The van der Waals surface area contributed by atoms with Gasteiger partial charge in [0, 0.05) is 18.3 Å². The van der Waals surface area contributed by atoms with Crippen LogP contribution in [0.25, 0.3) is 0 Å². The molecule has 0 aromatic heterocycles. The van der Waals surface area contributed by atoms with E-state index in [1.54, 1.807) is 5.57 Å².